The van der Waals surface area contributed by atoms with Gasteiger partial charge in [0.05, 0.1) is 19.2 Å². The van der Waals surface area contributed by atoms with E-state index < -0.39 is 127 Å². The number of aliphatic imine (C=N–C) groups is 1. The van der Waals surface area contributed by atoms with Gasteiger partial charge in [0, 0.05) is 39.0 Å². The number of likely N-dealkylation sites (tertiary alicyclic amines) is 3. The molecule has 26 nitrogen and oxygen atoms in total. The molecule has 0 aliphatic carbocycles. The van der Waals surface area contributed by atoms with E-state index >= 15 is 0 Å². The van der Waals surface area contributed by atoms with E-state index in [0.717, 1.165) is 0 Å². The topological polar surface area (TPSA) is 418 Å². The number of carbonyl (C=O) groups excluding carboxylic acids is 8. The molecule has 3 heterocycles. The number of aliphatic hydroxyl groups is 1. The smallest absolute Gasteiger partial charge is 0.480 e. The first-order valence-electron chi connectivity index (χ1n) is 26.6. The maximum Gasteiger partial charge on any atom is 0.490 e. The van der Waals surface area contributed by atoms with Crippen LogP contribution in [0.1, 0.15) is 81.8 Å². The van der Waals surface area contributed by atoms with Crippen LogP contribution >= 0.6 is 0 Å². The Kier molecular flexibility index (Phi) is 26.2. The average Bonchev–Trinajstić information content (AvgIpc) is 4.29. The van der Waals surface area contributed by atoms with Gasteiger partial charge in [0.1, 0.15) is 42.3 Å². The molecule has 8 atom stereocenters. The first-order valence-corrected chi connectivity index (χ1v) is 26.6. The maximum atomic E-state index is 14.2. The van der Waals surface area contributed by atoms with Gasteiger partial charge in [0.25, 0.3) is 0 Å². The van der Waals surface area contributed by atoms with Crippen molar-refractivity contribution in [2.24, 2.45) is 27.9 Å². The molecule has 3 saturated heterocycles. The highest BCUT2D eigenvalue weighted by Crippen LogP contribution is 2.27. The molecular weight excluding hydrogens is 1070 g/mol. The summed E-state index contributed by atoms with van der Waals surface area (Å²) in [5, 5.41) is 40.4. The predicted molar refractivity (Wildman–Crippen MR) is 284 cm³/mol. The molecule has 29 heteroatoms. The molecular formula is C52H74F3N13O13. The number of carboxylic acids is 2. The molecule has 0 spiro atoms. The fraction of sp³-hybridized carbons (Fsp3) is 0.558. The zero-order valence-electron chi connectivity index (χ0n) is 44.7. The van der Waals surface area contributed by atoms with Gasteiger partial charge in [-0.1, -0.05) is 67.1 Å². The Bertz CT molecular complexity index is 2510. The number of guanidine groups is 1. The molecule has 0 aromatic heterocycles. The number of unbranched alkanes of at least 4 members (excludes halogenated alkanes) is 1. The number of carboxylic acid groups (broad SMARTS) is 2. The third-order valence-electron chi connectivity index (χ3n) is 13.7. The van der Waals surface area contributed by atoms with Crippen LogP contribution in [-0.4, -0.2) is 196 Å². The summed E-state index contributed by atoms with van der Waals surface area (Å²) in [5.74, 6) is -9.36. The number of hydrogen-bond acceptors (Lipinski definition) is 14. The second-order valence-electron chi connectivity index (χ2n) is 19.6. The van der Waals surface area contributed by atoms with Gasteiger partial charge in [-0.3, -0.25) is 43.3 Å². The quantitative estimate of drug-likeness (QED) is 0.0255. The Hall–Kier alpha value is -7.92. The van der Waals surface area contributed by atoms with Crippen LogP contribution in [0, 0.1) is 0 Å². The summed E-state index contributed by atoms with van der Waals surface area (Å²) < 4.78 is 31.7. The number of alkyl halides is 3. The van der Waals surface area contributed by atoms with Gasteiger partial charge in [0.2, 0.25) is 47.3 Å². The Labute approximate surface area is 465 Å². The third-order valence-corrected chi connectivity index (χ3v) is 13.7. The summed E-state index contributed by atoms with van der Waals surface area (Å²) in [6, 6.07) is 8.31. The number of rotatable bonds is 27. The molecule has 8 amide bonds. The second-order valence-corrected chi connectivity index (χ2v) is 19.6. The van der Waals surface area contributed by atoms with Crippen molar-refractivity contribution in [3.8, 4) is 0 Å². The largest absolute Gasteiger partial charge is 0.490 e. The molecule has 16 N–H and O–H groups in total. The summed E-state index contributed by atoms with van der Waals surface area (Å²) in [5.41, 5.74) is 24.0. The molecule has 81 heavy (non-hydrogen) atoms. The fourth-order valence-electron chi connectivity index (χ4n) is 9.53. The minimum absolute atomic E-state index is 0.00123. The molecule has 3 aliphatic rings. The van der Waals surface area contributed by atoms with E-state index in [0.29, 0.717) is 69.0 Å². The number of hydrogen-bond donors (Lipinski definition) is 12. The number of nitrogens with two attached hydrogens (primary N) is 4. The lowest BCUT2D eigenvalue weighted by Gasteiger charge is -2.33. The van der Waals surface area contributed by atoms with E-state index in [-0.39, 0.29) is 64.2 Å². The number of aliphatic hydroxyl groups excluding tert-OH is 1. The summed E-state index contributed by atoms with van der Waals surface area (Å²) in [6.07, 6.45) is -0.838. The van der Waals surface area contributed by atoms with Crippen molar-refractivity contribution < 1.29 is 76.4 Å². The van der Waals surface area contributed by atoms with Crippen LogP contribution in [0.25, 0.3) is 0 Å². The van der Waals surface area contributed by atoms with Crippen LogP contribution in [-0.2, 0) is 60.8 Å². The van der Waals surface area contributed by atoms with Crippen molar-refractivity contribution in [1.82, 2.24) is 41.3 Å². The molecule has 0 saturated carbocycles. The Morgan fingerprint density at radius 2 is 1.14 bits per heavy atom. The average molecular weight is 1150 g/mol. The highest BCUT2D eigenvalue weighted by molar-refractivity contribution is 5.98. The first kappa shape index (κ1) is 65.6. The highest BCUT2D eigenvalue weighted by atomic mass is 19.4. The van der Waals surface area contributed by atoms with Gasteiger partial charge >= 0.3 is 18.1 Å². The lowest BCUT2D eigenvalue weighted by atomic mass is 10.0. The molecule has 2 aromatic rings. The van der Waals surface area contributed by atoms with Crippen LogP contribution in [0.3, 0.4) is 0 Å². The summed E-state index contributed by atoms with van der Waals surface area (Å²) >= 11 is 0. The second kappa shape index (κ2) is 32.4. The summed E-state index contributed by atoms with van der Waals surface area (Å²) in [4.78, 5) is 139. The number of nitrogens with one attached hydrogen (secondary N) is 5. The van der Waals surface area contributed by atoms with Gasteiger partial charge < -0.3 is 79.5 Å². The number of halogens is 3. The van der Waals surface area contributed by atoms with Crippen LogP contribution in [0.4, 0.5) is 13.2 Å². The Balaban J connectivity index is 0.00000189. The minimum atomic E-state index is -5.08. The Morgan fingerprint density at radius 1 is 0.630 bits per heavy atom. The maximum absolute atomic E-state index is 14.2. The van der Waals surface area contributed by atoms with Gasteiger partial charge in [0.15, 0.2) is 5.96 Å². The first-order chi connectivity index (χ1) is 38.5. The van der Waals surface area contributed by atoms with Crippen molar-refractivity contribution in [2.75, 3.05) is 45.9 Å². The van der Waals surface area contributed by atoms with E-state index in [9.17, 15) is 66.5 Å². The normalized spacial score (nSPS) is 18.6. The van der Waals surface area contributed by atoms with Crippen molar-refractivity contribution in [3.63, 3.8) is 0 Å². The molecule has 0 bridgehead atoms. The molecule has 446 valence electrons. The van der Waals surface area contributed by atoms with Crippen molar-refractivity contribution in [1.29, 1.82) is 0 Å². The number of carbonyl (C=O) groups is 10. The standard InChI is InChI=1S/C50H73N13O11.C2HF3O2/c51-22-8-7-17-33(52)42(66)58-34(18-9-23-55-50(53)54)46(70)63-26-12-21-40(63)48(72)62-25-10-19-38(62)44(68)56-29-41(65)57-35(27-31-13-3-1-4-14-31)43(67)60-37(30-64)47(71)61-24-11-20-39(61)45(69)59-36(49(73)74)28-32-15-5-2-6-16-32;3-2(4,5)1(6)7/h1-6,13-16,33-40,64H,7-12,17-30,51-52H2,(H,56,68)(H,57,65)(H,58,66)(H,59,69)(H,60,67)(H,73,74)(H4,53,54,55);(H,6,7)/t33-,34-,35-,36-,37-,38-,39-,40-;/m0./s1. The van der Waals surface area contributed by atoms with Gasteiger partial charge in [-0.2, -0.15) is 13.2 Å². The van der Waals surface area contributed by atoms with Crippen molar-refractivity contribution >= 4 is 65.2 Å². The van der Waals surface area contributed by atoms with E-state index in [2.05, 4.69) is 31.6 Å². The monoisotopic (exact) mass is 1150 g/mol. The lowest BCUT2D eigenvalue weighted by Crippen LogP contribution is -2.59. The number of benzene rings is 2. The minimum Gasteiger partial charge on any atom is -0.480 e. The van der Waals surface area contributed by atoms with Crippen molar-refractivity contribution in [3.05, 3.63) is 71.8 Å². The highest BCUT2D eigenvalue weighted by Gasteiger charge is 2.44. The zero-order valence-corrected chi connectivity index (χ0v) is 44.7. The van der Waals surface area contributed by atoms with Gasteiger partial charge in [-0.25, -0.2) is 9.59 Å². The number of nitrogens with zero attached hydrogens (tertiary/aromatic N) is 4. The van der Waals surface area contributed by atoms with E-state index in [4.69, 9.17) is 32.8 Å². The van der Waals surface area contributed by atoms with Crippen LogP contribution < -0.4 is 49.5 Å². The van der Waals surface area contributed by atoms with Crippen LogP contribution in [0.2, 0.25) is 0 Å². The van der Waals surface area contributed by atoms with Crippen LogP contribution in [0.5, 0.6) is 0 Å². The zero-order chi connectivity index (χ0) is 59.8. The molecule has 5 rings (SSSR count). The SMILES string of the molecule is NCCCC[C@H](N)C(=O)N[C@@H](CCCN=C(N)N)C(=O)N1CCC[C@H]1C(=O)N1CCC[C@H]1C(=O)NCC(=O)N[C@@H](Cc1ccccc1)C(=O)N[C@@H](CO)C(=O)N1CCC[C@H]1C(=O)N[C@@H](Cc1ccccc1)C(=O)O.O=C(O)C(F)(F)F. The fourth-order valence-corrected chi connectivity index (χ4v) is 9.53. The van der Waals surface area contributed by atoms with Crippen LogP contribution in [0.15, 0.2) is 65.7 Å². The molecule has 0 unspecified atom stereocenters. The Morgan fingerprint density at radius 3 is 1.67 bits per heavy atom. The van der Waals surface area contributed by atoms with Crippen molar-refractivity contribution in [2.45, 2.75) is 138 Å². The molecule has 2 aromatic carbocycles. The predicted octanol–water partition coefficient (Wildman–Crippen LogP) is -2.28. The van der Waals surface area contributed by atoms with E-state index in [1.165, 1.54) is 14.7 Å². The molecule has 3 aliphatic heterocycles. The summed E-state index contributed by atoms with van der Waals surface area (Å²) in [6.45, 7) is -0.293. The van der Waals surface area contributed by atoms with Gasteiger partial charge in [-0.15, -0.1) is 0 Å². The summed E-state index contributed by atoms with van der Waals surface area (Å²) in [7, 11) is 0. The number of aliphatic carboxylic acids is 2. The molecule has 0 radical (unpaired) electrons. The van der Waals surface area contributed by atoms with E-state index in [1.54, 1.807) is 60.7 Å². The number of amides is 8. The third kappa shape index (κ3) is 20.6. The van der Waals surface area contributed by atoms with Gasteiger partial charge in [-0.05, 0) is 81.9 Å². The molecule has 3 fully saturated rings. The lowest BCUT2D eigenvalue weighted by molar-refractivity contribution is -0.192. The van der Waals surface area contributed by atoms with E-state index in [1.807, 2.05) is 0 Å².